The molecule has 0 unspecified atom stereocenters. The van der Waals surface area contributed by atoms with Crippen molar-refractivity contribution < 1.29 is 17.6 Å². The summed E-state index contributed by atoms with van der Waals surface area (Å²) in [7, 11) is 0. The second-order valence-electron chi connectivity index (χ2n) is 5.60. The Kier molecular flexibility index (Phi) is 3.99. The van der Waals surface area contributed by atoms with Crippen LogP contribution in [0.1, 0.15) is 11.4 Å². The van der Waals surface area contributed by atoms with Crippen LogP contribution in [-0.4, -0.2) is 9.97 Å². The lowest BCUT2D eigenvalue weighted by atomic mass is 10.2. The summed E-state index contributed by atoms with van der Waals surface area (Å²) in [5.41, 5.74) is 0.0252. The fourth-order valence-corrected chi connectivity index (χ4v) is 3.45. The van der Waals surface area contributed by atoms with Gasteiger partial charge in [0.05, 0.1) is 11.3 Å². The molecule has 2 aromatic heterocycles. The van der Waals surface area contributed by atoms with Gasteiger partial charge in [0, 0.05) is 10.3 Å². The Hall–Kier alpha value is -2.74. The number of hydrogen-bond acceptors (Lipinski definition) is 4. The predicted octanol–water partition coefficient (Wildman–Crippen LogP) is 4.98. The van der Waals surface area contributed by atoms with Crippen molar-refractivity contribution in [3.05, 3.63) is 70.3 Å². The van der Waals surface area contributed by atoms with Crippen LogP contribution < -0.4 is 5.56 Å². The zero-order chi connectivity index (χ0) is 18.3. The minimum Gasteiger partial charge on any atom is -0.449 e. The highest BCUT2D eigenvalue weighted by atomic mass is 32.2. The third-order valence-electron chi connectivity index (χ3n) is 3.82. The van der Waals surface area contributed by atoms with Crippen molar-refractivity contribution in [1.29, 1.82) is 0 Å². The summed E-state index contributed by atoms with van der Waals surface area (Å²) in [4.78, 5) is 19.7. The van der Waals surface area contributed by atoms with Gasteiger partial charge in [-0.25, -0.2) is 4.98 Å². The molecule has 2 heterocycles. The number of nitrogens with one attached hydrogen (secondary N) is 1. The first kappa shape index (κ1) is 16.7. The molecule has 132 valence electrons. The molecule has 26 heavy (non-hydrogen) atoms. The molecule has 0 bridgehead atoms. The molecule has 0 spiro atoms. The van der Waals surface area contributed by atoms with Gasteiger partial charge in [0.15, 0.2) is 0 Å². The van der Waals surface area contributed by atoms with Gasteiger partial charge in [0.1, 0.15) is 16.9 Å². The molecule has 8 heteroatoms. The Balaban J connectivity index is 1.66. The van der Waals surface area contributed by atoms with Gasteiger partial charge in [-0.2, -0.15) is 13.2 Å². The van der Waals surface area contributed by atoms with Crippen molar-refractivity contribution in [3.8, 4) is 0 Å². The van der Waals surface area contributed by atoms with E-state index in [9.17, 15) is 18.0 Å². The number of hydrogen-bond donors (Lipinski definition) is 1. The number of H-pyrrole nitrogens is 1. The lowest BCUT2D eigenvalue weighted by Gasteiger charge is -2.08. The second kappa shape index (κ2) is 6.21. The van der Waals surface area contributed by atoms with Crippen LogP contribution in [0.5, 0.6) is 0 Å². The van der Waals surface area contributed by atoms with E-state index < -0.39 is 17.3 Å². The molecule has 0 aliphatic rings. The predicted molar refractivity (Wildman–Crippen MR) is 93.1 cm³/mol. The number of para-hydroxylation sites is 1. The Morgan fingerprint density at radius 3 is 2.73 bits per heavy atom. The number of halogens is 3. The Morgan fingerprint density at radius 1 is 1.12 bits per heavy atom. The van der Waals surface area contributed by atoms with E-state index in [1.54, 1.807) is 24.3 Å². The van der Waals surface area contributed by atoms with Crippen LogP contribution >= 0.6 is 11.8 Å². The minimum absolute atomic E-state index is 0.138. The Morgan fingerprint density at radius 2 is 1.92 bits per heavy atom. The summed E-state index contributed by atoms with van der Waals surface area (Å²) in [6, 6.07) is 12.2. The SMILES string of the molecule is O=c1[nH]c(CSc2cccc(C(F)(F)F)c2)nc2c1oc1ccccc12. The maximum absolute atomic E-state index is 12.8. The smallest absolute Gasteiger partial charge is 0.416 e. The van der Waals surface area contributed by atoms with Crippen LogP contribution in [0, 0.1) is 0 Å². The monoisotopic (exact) mass is 376 g/mol. The number of aromatic amines is 1. The van der Waals surface area contributed by atoms with Gasteiger partial charge in [-0.05, 0) is 30.3 Å². The largest absolute Gasteiger partial charge is 0.449 e. The molecule has 0 aliphatic carbocycles. The molecule has 0 saturated carbocycles. The zero-order valence-corrected chi connectivity index (χ0v) is 13.9. The molecule has 1 N–H and O–H groups in total. The summed E-state index contributed by atoms with van der Waals surface area (Å²) in [6.45, 7) is 0. The summed E-state index contributed by atoms with van der Waals surface area (Å²) in [5.74, 6) is 0.600. The molecule has 0 radical (unpaired) electrons. The van der Waals surface area contributed by atoms with Gasteiger partial charge in [-0.1, -0.05) is 18.2 Å². The Labute approximate surface area is 149 Å². The number of thioether (sulfide) groups is 1. The molecule has 2 aromatic carbocycles. The van der Waals surface area contributed by atoms with E-state index in [-0.39, 0.29) is 11.3 Å². The number of alkyl halides is 3. The quantitative estimate of drug-likeness (QED) is 0.512. The first-order chi connectivity index (χ1) is 12.4. The molecule has 0 amide bonds. The number of nitrogens with zero attached hydrogens (tertiary/aromatic N) is 1. The van der Waals surface area contributed by atoms with E-state index >= 15 is 0 Å². The number of furan rings is 1. The molecule has 0 aliphatic heterocycles. The van der Waals surface area contributed by atoms with E-state index in [0.717, 1.165) is 17.5 Å². The fourth-order valence-electron chi connectivity index (χ4n) is 2.63. The van der Waals surface area contributed by atoms with E-state index in [0.29, 0.717) is 21.8 Å². The maximum atomic E-state index is 12.8. The van der Waals surface area contributed by atoms with Gasteiger partial charge in [-0.3, -0.25) is 4.79 Å². The molecule has 4 nitrogen and oxygen atoms in total. The molecule has 0 fully saturated rings. The van der Waals surface area contributed by atoms with Gasteiger partial charge >= 0.3 is 6.18 Å². The van der Waals surface area contributed by atoms with Crippen molar-refractivity contribution in [2.75, 3.05) is 0 Å². The first-order valence-corrected chi connectivity index (χ1v) is 8.61. The lowest BCUT2D eigenvalue weighted by molar-refractivity contribution is -0.137. The van der Waals surface area contributed by atoms with Crippen LogP contribution in [0.15, 0.2) is 62.6 Å². The van der Waals surface area contributed by atoms with Crippen molar-refractivity contribution in [2.45, 2.75) is 16.8 Å². The van der Waals surface area contributed by atoms with Gasteiger partial charge in [0.25, 0.3) is 5.56 Å². The highest BCUT2D eigenvalue weighted by molar-refractivity contribution is 7.98. The van der Waals surface area contributed by atoms with E-state index in [2.05, 4.69) is 9.97 Å². The van der Waals surface area contributed by atoms with E-state index in [1.807, 2.05) is 6.07 Å². The highest BCUT2D eigenvalue weighted by Crippen LogP contribution is 2.32. The third-order valence-corrected chi connectivity index (χ3v) is 4.82. The van der Waals surface area contributed by atoms with Crippen molar-refractivity contribution in [2.24, 2.45) is 0 Å². The summed E-state index contributed by atoms with van der Waals surface area (Å²) < 4.78 is 43.9. The van der Waals surface area contributed by atoms with Crippen molar-refractivity contribution in [3.63, 3.8) is 0 Å². The first-order valence-electron chi connectivity index (χ1n) is 7.62. The summed E-state index contributed by atoms with van der Waals surface area (Å²) >= 11 is 1.17. The molecule has 0 saturated heterocycles. The summed E-state index contributed by atoms with van der Waals surface area (Å²) in [6.07, 6.45) is -4.39. The Bertz CT molecular complexity index is 1160. The molecular weight excluding hydrogens is 365 g/mol. The van der Waals surface area contributed by atoms with Crippen LogP contribution in [0.4, 0.5) is 13.2 Å². The van der Waals surface area contributed by atoms with Crippen LogP contribution in [0.2, 0.25) is 0 Å². The highest BCUT2D eigenvalue weighted by Gasteiger charge is 2.30. The maximum Gasteiger partial charge on any atom is 0.416 e. The van der Waals surface area contributed by atoms with Gasteiger partial charge in [0.2, 0.25) is 5.58 Å². The topological polar surface area (TPSA) is 58.9 Å². The van der Waals surface area contributed by atoms with Gasteiger partial charge in [-0.15, -0.1) is 11.8 Å². The van der Waals surface area contributed by atoms with E-state index in [1.165, 1.54) is 17.8 Å². The second-order valence-corrected chi connectivity index (χ2v) is 6.65. The van der Waals surface area contributed by atoms with Gasteiger partial charge < -0.3 is 9.40 Å². The average molecular weight is 376 g/mol. The average Bonchev–Trinajstić information content (AvgIpc) is 2.99. The van der Waals surface area contributed by atoms with Crippen LogP contribution in [0.3, 0.4) is 0 Å². The number of benzene rings is 2. The number of rotatable bonds is 3. The molecule has 0 atom stereocenters. The van der Waals surface area contributed by atoms with Crippen molar-refractivity contribution >= 4 is 33.8 Å². The molecule has 4 rings (SSSR count). The summed E-state index contributed by atoms with van der Waals surface area (Å²) in [5, 5.41) is 0.721. The van der Waals surface area contributed by atoms with Crippen LogP contribution in [-0.2, 0) is 11.9 Å². The minimum atomic E-state index is -4.39. The third kappa shape index (κ3) is 3.08. The standard InChI is InChI=1S/C18H11F3N2O2S/c19-18(20,21)10-4-3-5-11(8-10)26-9-14-22-15-12-6-1-2-7-13(12)25-16(15)17(24)23-14/h1-8H,9H2,(H,22,23,24). The van der Waals surface area contributed by atoms with Crippen LogP contribution in [0.25, 0.3) is 22.1 Å². The van der Waals surface area contributed by atoms with E-state index in [4.69, 9.17) is 4.42 Å². The van der Waals surface area contributed by atoms with Crippen molar-refractivity contribution in [1.82, 2.24) is 9.97 Å². The fraction of sp³-hybridized carbons (Fsp3) is 0.111. The normalized spacial score (nSPS) is 12.1. The molecular formula is C18H11F3N2O2S. The number of aromatic nitrogens is 2. The zero-order valence-electron chi connectivity index (χ0n) is 13.1. The number of fused-ring (bicyclic) bond motifs is 3. The molecule has 4 aromatic rings. The lowest BCUT2D eigenvalue weighted by Crippen LogP contribution is -2.10.